The number of carbonyl (C=O) groups is 3. The molecule has 9 heteroatoms. The Morgan fingerprint density at radius 2 is 1.89 bits per heavy atom. The zero-order valence-corrected chi connectivity index (χ0v) is 21.1. The fourth-order valence-corrected chi connectivity index (χ4v) is 5.41. The van der Waals surface area contributed by atoms with Gasteiger partial charge < -0.3 is 21.1 Å². The lowest BCUT2D eigenvalue weighted by atomic mass is 9.83. The summed E-state index contributed by atoms with van der Waals surface area (Å²) in [6.07, 6.45) is 4.33. The van der Waals surface area contributed by atoms with Gasteiger partial charge in [0.15, 0.2) is 5.78 Å². The van der Waals surface area contributed by atoms with Gasteiger partial charge in [0.2, 0.25) is 5.91 Å². The number of rotatable bonds is 8. The number of hydrogen-bond acceptors (Lipinski definition) is 5. The van der Waals surface area contributed by atoms with Crippen LogP contribution in [-0.4, -0.2) is 65.5 Å². The molecule has 3 amide bonds. The average Bonchev–Trinajstić information content (AvgIpc) is 2.86. The van der Waals surface area contributed by atoms with E-state index in [4.69, 9.17) is 0 Å². The first-order chi connectivity index (χ1) is 17.8. The van der Waals surface area contributed by atoms with E-state index in [9.17, 15) is 23.9 Å². The zero-order valence-electron chi connectivity index (χ0n) is 21.1. The molecule has 8 nitrogen and oxygen atoms in total. The summed E-state index contributed by atoms with van der Waals surface area (Å²) < 4.78 is 13.3. The minimum atomic E-state index is -0.643. The highest BCUT2D eigenvalue weighted by molar-refractivity contribution is 5.96. The van der Waals surface area contributed by atoms with Gasteiger partial charge in [0, 0.05) is 36.4 Å². The van der Waals surface area contributed by atoms with Crippen LogP contribution in [0, 0.1) is 11.7 Å². The smallest absolute Gasteiger partial charge is 0.319 e. The third-order valence-electron chi connectivity index (χ3n) is 7.33. The third kappa shape index (κ3) is 7.14. The van der Waals surface area contributed by atoms with E-state index in [-0.39, 0.29) is 48.1 Å². The van der Waals surface area contributed by atoms with Crippen molar-refractivity contribution in [3.8, 4) is 0 Å². The van der Waals surface area contributed by atoms with E-state index in [0.29, 0.717) is 30.8 Å². The molecule has 37 heavy (non-hydrogen) atoms. The Balaban J connectivity index is 1.40. The second-order valence-electron chi connectivity index (χ2n) is 10.1. The number of hydrogen-bond donors (Lipinski definition) is 4. The molecule has 2 fully saturated rings. The molecule has 198 valence electrons. The van der Waals surface area contributed by atoms with Gasteiger partial charge >= 0.3 is 6.03 Å². The summed E-state index contributed by atoms with van der Waals surface area (Å²) in [4.78, 5) is 39.3. The molecule has 1 aliphatic carbocycles. The average molecular weight is 511 g/mol. The SMILES string of the molecule is CC(=O)c1cccc(NC(=O)N[C@@H]2CCCC[C@H]2CN2C[C@H](Cc3ccc(F)cc3)NC(=O)[C@@H]2CO)c1. The summed E-state index contributed by atoms with van der Waals surface area (Å²) in [6.45, 7) is 2.33. The number of Topliss-reactive ketones (excluding diaryl/α,β-unsaturated/α-hetero) is 1. The summed E-state index contributed by atoms with van der Waals surface area (Å²) >= 11 is 0. The van der Waals surface area contributed by atoms with Crippen molar-refractivity contribution in [1.29, 1.82) is 0 Å². The fourth-order valence-electron chi connectivity index (χ4n) is 5.41. The van der Waals surface area contributed by atoms with Crippen LogP contribution in [0.5, 0.6) is 0 Å². The van der Waals surface area contributed by atoms with Crippen LogP contribution in [0.2, 0.25) is 0 Å². The highest BCUT2D eigenvalue weighted by atomic mass is 19.1. The van der Waals surface area contributed by atoms with Crippen molar-refractivity contribution in [2.24, 2.45) is 5.92 Å². The molecule has 1 aliphatic heterocycles. The quantitative estimate of drug-likeness (QED) is 0.408. The molecule has 0 radical (unpaired) electrons. The highest BCUT2D eigenvalue weighted by Crippen LogP contribution is 2.27. The van der Waals surface area contributed by atoms with E-state index >= 15 is 0 Å². The van der Waals surface area contributed by atoms with Crippen molar-refractivity contribution >= 4 is 23.4 Å². The summed E-state index contributed by atoms with van der Waals surface area (Å²) in [7, 11) is 0. The predicted molar refractivity (Wildman–Crippen MR) is 139 cm³/mol. The number of carbonyl (C=O) groups excluding carboxylic acids is 3. The molecule has 0 bridgehead atoms. The molecule has 1 heterocycles. The topological polar surface area (TPSA) is 111 Å². The lowest BCUT2D eigenvalue weighted by Crippen LogP contribution is -2.63. The lowest BCUT2D eigenvalue weighted by Gasteiger charge is -2.42. The monoisotopic (exact) mass is 510 g/mol. The van der Waals surface area contributed by atoms with Crippen molar-refractivity contribution in [3.63, 3.8) is 0 Å². The van der Waals surface area contributed by atoms with Crippen LogP contribution in [0.3, 0.4) is 0 Å². The van der Waals surface area contributed by atoms with Crippen molar-refractivity contribution in [2.45, 2.75) is 57.2 Å². The summed E-state index contributed by atoms with van der Waals surface area (Å²) in [5.41, 5.74) is 2.01. The maximum absolute atomic E-state index is 13.3. The van der Waals surface area contributed by atoms with Crippen LogP contribution in [0.15, 0.2) is 48.5 Å². The van der Waals surface area contributed by atoms with Crippen molar-refractivity contribution in [2.75, 3.05) is 25.0 Å². The number of halogens is 1. The number of benzene rings is 2. The van der Waals surface area contributed by atoms with Crippen molar-refractivity contribution < 1.29 is 23.9 Å². The van der Waals surface area contributed by atoms with E-state index in [1.54, 1.807) is 36.4 Å². The molecule has 4 rings (SSSR count). The minimum absolute atomic E-state index is 0.0712. The van der Waals surface area contributed by atoms with Crippen LogP contribution in [0.1, 0.15) is 48.5 Å². The Bertz CT molecular complexity index is 1110. The van der Waals surface area contributed by atoms with Gasteiger partial charge in [-0.1, -0.05) is 37.1 Å². The lowest BCUT2D eigenvalue weighted by molar-refractivity contribution is -0.133. The van der Waals surface area contributed by atoms with Crippen LogP contribution < -0.4 is 16.0 Å². The minimum Gasteiger partial charge on any atom is -0.394 e. The summed E-state index contributed by atoms with van der Waals surface area (Å²) in [5, 5.41) is 18.9. The Hall–Kier alpha value is -3.30. The molecule has 0 unspecified atom stereocenters. The number of piperazine rings is 1. The van der Waals surface area contributed by atoms with E-state index in [1.165, 1.54) is 19.1 Å². The molecule has 0 aromatic heterocycles. The first-order valence-electron chi connectivity index (χ1n) is 12.9. The normalized spacial score (nSPS) is 24.2. The number of aliphatic hydroxyl groups excluding tert-OH is 1. The number of amides is 3. The molecule has 4 N–H and O–H groups in total. The maximum Gasteiger partial charge on any atom is 0.319 e. The van der Waals surface area contributed by atoms with Crippen LogP contribution in [-0.2, 0) is 11.2 Å². The van der Waals surface area contributed by atoms with Gasteiger partial charge in [-0.3, -0.25) is 14.5 Å². The largest absolute Gasteiger partial charge is 0.394 e. The van der Waals surface area contributed by atoms with Gasteiger partial charge in [-0.15, -0.1) is 0 Å². The third-order valence-corrected chi connectivity index (χ3v) is 7.33. The molecular formula is C28H35FN4O4. The summed E-state index contributed by atoms with van der Waals surface area (Å²) in [5.74, 6) is -0.471. The van der Waals surface area contributed by atoms with Gasteiger partial charge in [-0.25, -0.2) is 9.18 Å². The molecule has 1 saturated carbocycles. The van der Waals surface area contributed by atoms with Crippen LogP contribution in [0.4, 0.5) is 14.9 Å². The molecular weight excluding hydrogens is 475 g/mol. The Morgan fingerprint density at radius 1 is 1.14 bits per heavy atom. The first-order valence-corrected chi connectivity index (χ1v) is 12.9. The van der Waals surface area contributed by atoms with Gasteiger partial charge in [0.05, 0.1) is 6.61 Å². The number of nitrogens with one attached hydrogen (secondary N) is 3. The maximum atomic E-state index is 13.3. The van der Waals surface area contributed by atoms with Gasteiger partial charge in [-0.2, -0.15) is 0 Å². The molecule has 4 atom stereocenters. The fraction of sp³-hybridized carbons (Fsp3) is 0.464. The number of anilines is 1. The molecule has 2 aromatic carbocycles. The number of aliphatic hydroxyl groups is 1. The van der Waals surface area contributed by atoms with E-state index < -0.39 is 6.04 Å². The summed E-state index contributed by atoms with van der Waals surface area (Å²) in [6, 6.07) is 11.9. The van der Waals surface area contributed by atoms with Gasteiger partial charge in [-0.05, 0) is 61.9 Å². The Labute approximate surface area is 216 Å². The second-order valence-corrected chi connectivity index (χ2v) is 10.1. The van der Waals surface area contributed by atoms with E-state index in [1.807, 2.05) is 4.90 Å². The molecule has 2 aromatic rings. The molecule has 0 spiro atoms. The molecule has 1 saturated heterocycles. The van der Waals surface area contributed by atoms with Crippen molar-refractivity contribution in [3.05, 3.63) is 65.5 Å². The van der Waals surface area contributed by atoms with Crippen LogP contribution in [0.25, 0.3) is 0 Å². The Kier molecular flexibility index (Phi) is 8.89. The highest BCUT2D eigenvalue weighted by Gasteiger charge is 2.37. The second kappa shape index (κ2) is 12.3. The van der Waals surface area contributed by atoms with E-state index in [0.717, 1.165) is 31.2 Å². The zero-order chi connectivity index (χ0) is 26.4. The number of nitrogens with zero attached hydrogens (tertiary/aromatic N) is 1. The first kappa shape index (κ1) is 26.8. The van der Waals surface area contributed by atoms with Gasteiger partial charge in [0.1, 0.15) is 11.9 Å². The van der Waals surface area contributed by atoms with E-state index in [2.05, 4.69) is 16.0 Å². The van der Waals surface area contributed by atoms with Gasteiger partial charge in [0.25, 0.3) is 0 Å². The number of ketones is 1. The number of urea groups is 1. The predicted octanol–water partition coefficient (Wildman–Crippen LogP) is 3.11. The molecule has 2 aliphatic rings. The van der Waals surface area contributed by atoms with Crippen molar-refractivity contribution in [1.82, 2.24) is 15.5 Å². The standard InChI is InChI=1S/C28H35FN4O4/c1-18(35)20-6-4-7-23(14-20)31-28(37)32-25-8-3-2-5-21(25)15-33-16-24(30-27(36)26(33)17-34)13-19-9-11-22(29)12-10-19/h4,6-7,9-12,14,21,24-26,34H,2-3,5,8,13,15-17H2,1H3,(H,30,36)(H2,31,32,37)/t21-,24-,25+,26-/m0/s1. The van der Waals surface area contributed by atoms with Crippen LogP contribution >= 0.6 is 0 Å². The Morgan fingerprint density at radius 3 is 2.62 bits per heavy atom.